The summed E-state index contributed by atoms with van der Waals surface area (Å²) in [6.45, 7) is 10.7. The predicted octanol–water partition coefficient (Wildman–Crippen LogP) is 2.12. The molecular weight excluding hydrogens is 347 g/mol. The summed E-state index contributed by atoms with van der Waals surface area (Å²) in [6, 6.07) is 3.90. The van der Waals surface area contributed by atoms with Gasteiger partial charge in [0.25, 0.3) is 5.56 Å². The van der Waals surface area contributed by atoms with Gasteiger partial charge in [-0.05, 0) is 36.6 Å². The molecule has 1 amide bonds. The quantitative estimate of drug-likeness (QED) is 0.823. The number of nitrogens with zero attached hydrogens (tertiary/aromatic N) is 4. The van der Waals surface area contributed by atoms with Crippen LogP contribution in [0.25, 0.3) is 10.9 Å². The molecule has 6 nitrogen and oxygen atoms in total. The van der Waals surface area contributed by atoms with Gasteiger partial charge in [-0.3, -0.25) is 19.1 Å². The van der Waals surface area contributed by atoms with Crippen molar-refractivity contribution in [1.82, 2.24) is 19.4 Å². The van der Waals surface area contributed by atoms with Gasteiger partial charge in [0.2, 0.25) is 5.91 Å². The number of fused-ring (bicyclic) bond motifs is 1. The molecule has 0 aliphatic carbocycles. The standard InChI is InChI=1S/C20H27FN4O2/c1-20(2,3)6-7-23-8-10-24(11-9-23)18(26)13-25-14-22-17-5-4-15(21)12-16(17)19(25)27/h4-5,12,14H,6-11,13H2,1-3H3. The van der Waals surface area contributed by atoms with E-state index in [1.807, 2.05) is 0 Å². The number of rotatable bonds is 4. The van der Waals surface area contributed by atoms with E-state index in [9.17, 15) is 14.0 Å². The smallest absolute Gasteiger partial charge is 0.261 e. The molecule has 0 saturated carbocycles. The minimum absolute atomic E-state index is 0.0692. The van der Waals surface area contributed by atoms with Crippen LogP contribution in [0, 0.1) is 11.2 Å². The van der Waals surface area contributed by atoms with E-state index in [4.69, 9.17) is 0 Å². The first-order valence-corrected chi connectivity index (χ1v) is 9.38. The molecule has 7 heteroatoms. The highest BCUT2D eigenvalue weighted by Gasteiger charge is 2.22. The number of hydrogen-bond donors (Lipinski definition) is 0. The molecule has 2 heterocycles. The Hall–Kier alpha value is -2.28. The van der Waals surface area contributed by atoms with Crippen molar-refractivity contribution in [2.75, 3.05) is 32.7 Å². The lowest BCUT2D eigenvalue weighted by Gasteiger charge is -2.36. The fraction of sp³-hybridized carbons (Fsp3) is 0.550. The molecule has 2 aromatic rings. The van der Waals surface area contributed by atoms with Gasteiger partial charge in [-0.1, -0.05) is 20.8 Å². The minimum atomic E-state index is -0.489. The summed E-state index contributed by atoms with van der Waals surface area (Å²) in [6.07, 6.45) is 2.48. The maximum Gasteiger partial charge on any atom is 0.261 e. The second kappa shape index (κ2) is 7.76. The average Bonchev–Trinajstić information content (AvgIpc) is 2.62. The van der Waals surface area contributed by atoms with E-state index < -0.39 is 11.4 Å². The van der Waals surface area contributed by atoms with Gasteiger partial charge in [0.1, 0.15) is 12.4 Å². The molecule has 3 rings (SSSR count). The Balaban J connectivity index is 1.61. The van der Waals surface area contributed by atoms with Crippen LogP contribution in [0.3, 0.4) is 0 Å². The molecule has 1 aliphatic rings. The first-order valence-electron chi connectivity index (χ1n) is 9.38. The van der Waals surface area contributed by atoms with E-state index in [1.54, 1.807) is 4.90 Å². The van der Waals surface area contributed by atoms with Crippen molar-refractivity contribution in [2.45, 2.75) is 33.7 Å². The Morgan fingerprint density at radius 1 is 1.19 bits per heavy atom. The van der Waals surface area contributed by atoms with E-state index in [2.05, 4.69) is 30.7 Å². The highest BCUT2D eigenvalue weighted by atomic mass is 19.1. The van der Waals surface area contributed by atoms with E-state index in [-0.39, 0.29) is 17.8 Å². The number of amides is 1. The summed E-state index contributed by atoms with van der Waals surface area (Å²) in [5, 5.41) is 0.192. The lowest BCUT2D eigenvalue weighted by molar-refractivity contribution is -0.133. The van der Waals surface area contributed by atoms with Crippen LogP contribution in [0.2, 0.25) is 0 Å². The average molecular weight is 374 g/mol. The SMILES string of the molecule is CC(C)(C)CCN1CCN(C(=O)Cn2cnc3ccc(F)cc3c2=O)CC1. The lowest BCUT2D eigenvalue weighted by Crippen LogP contribution is -2.50. The number of benzene rings is 1. The van der Waals surface area contributed by atoms with Crippen molar-refractivity contribution < 1.29 is 9.18 Å². The Bertz CT molecular complexity index is 880. The summed E-state index contributed by atoms with van der Waals surface area (Å²) < 4.78 is 14.7. The maximum absolute atomic E-state index is 13.4. The van der Waals surface area contributed by atoms with Crippen molar-refractivity contribution in [3.63, 3.8) is 0 Å². The topological polar surface area (TPSA) is 58.4 Å². The normalized spacial score (nSPS) is 16.1. The van der Waals surface area contributed by atoms with Crippen LogP contribution in [0.1, 0.15) is 27.2 Å². The van der Waals surface area contributed by atoms with Crippen LogP contribution < -0.4 is 5.56 Å². The molecule has 0 spiro atoms. The number of piperazine rings is 1. The second-order valence-corrected chi connectivity index (χ2v) is 8.37. The Kier molecular flexibility index (Phi) is 5.60. The van der Waals surface area contributed by atoms with Gasteiger partial charge in [-0.15, -0.1) is 0 Å². The number of hydrogen-bond acceptors (Lipinski definition) is 4. The van der Waals surface area contributed by atoms with Crippen molar-refractivity contribution in [3.8, 4) is 0 Å². The Labute approximate surface area is 158 Å². The van der Waals surface area contributed by atoms with Crippen LogP contribution in [0.4, 0.5) is 4.39 Å². The predicted molar refractivity (Wildman–Crippen MR) is 103 cm³/mol. The van der Waals surface area contributed by atoms with Gasteiger partial charge in [-0.2, -0.15) is 0 Å². The highest BCUT2D eigenvalue weighted by Crippen LogP contribution is 2.19. The van der Waals surface area contributed by atoms with Gasteiger partial charge in [0, 0.05) is 26.2 Å². The minimum Gasteiger partial charge on any atom is -0.339 e. The van der Waals surface area contributed by atoms with Crippen LogP contribution in [-0.2, 0) is 11.3 Å². The van der Waals surface area contributed by atoms with E-state index in [0.29, 0.717) is 24.0 Å². The van der Waals surface area contributed by atoms with Gasteiger partial charge >= 0.3 is 0 Å². The molecule has 27 heavy (non-hydrogen) atoms. The van der Waals surface area contributed by atoms with E-state index >= 15 is 0 Å². The third-order valence-electron chi connectivity index (χ3n) is 4.99. The molecule has 1 fully saturated rings. The fourth-order valence-corrected chi connectivity index (χ4v) is 3.20. The van der Waals surface area contributed by atoms with Crippen molar-refractivity contribution >= 4 is 16.8 Å². The van der Waals surface area contributed by atoms with Crippen molar-refractivity contribution in [1.29, 1.82) is 0 Å². The molecule has 0 bridgehead atoms. The molecule has 0 N–H and O–H groups in total. The molecule has 1 aromatic heterocycles. The molecule has 1 aromatic carbocycles. The third-order valence-corrected chi connectivity index (χ3v) is 4.99. The lowest BCUT2D eigenvalue weighted by atomic mass is 9.92. The number of halogens is 1. The zero-order valence-corrected chi connectivity index (χ0v) is 16.2. The third kappa shape index (κ3) is 4.91. The largest absolute Gasteiger partial charge is 0.339 e. The molecular formula is C20H27FN4O2. The van der Waals surface area contributed by atoms with Crippen LogP contribution in [0.5, 0.6) is 0 Å². The van der Waals surface area contributed by atoms with Crippen molar-refractivity contribution in [2.24, 2.45) is 5.41 Å². The van der Waals surface area contributed by atoms with Crippen LogP contribution in [-0.4, -0.2) is 58.0 Å². The van der Waals surface area contributed by atoms with Gasteiger partial charge in [0.05, 0.1) is 17.2 Å². The monoisotopic (exact) mass is 374 g/mol. The van der Waals surface area contributed by atoms with Crippen molar-refractivity contribution in [3.05, 3.63) is 40.7 Å². The van der Waals surface area contributed by atoms with Gasteiger partial charge in [-0.25, -0.2) is 9.37 Å². The molecule has 0 unspecified atom stereocenters. The Morgan fingerprint density at radius 3 is 2.56 bits per heavy atom. The molecule has 1 aliphatic heterocycles. The molecule has 1 saturated heterocycles. The molecule has 0 atom stereocenters. The maximum atomic E-state index is 13.4. The molecule has 146 valence electrons. The summed E-state index contributed by atoms with van der Waals surface area (Å²) in [5.41, 5.74) is 0.339. The Morgan fingerprint density at radius 2 is 1.89 bits per heavy atom. The van der Waals surface area contributed by atoms with E-state index in [1.165, 1.54) is 29.1 Å². The summed E-state index contributed by atoms with van der Waals surface area (Å²) in [4.78, 5) is 33.4. The zero-order chi connectivity index (χ0) is 19.6. The fourth-order valence-electron chi connectivity index (χ4n) is 3.20. The summed E-state index contributed by atoms with van der Waals surface area (Å²) >= 11 is 0. The number of carbonyl (C=O) groups is 1. The summed E-state index contributed by atoms with van der Waals surface area (Å²) in [7, 11) is 0. The van der Waals surface area contributed by atoms with E-state index in [0.717, 1.165) is 26.1 Å². The number of carbonyl (C=O) groups excluding carboxylic acids is 1. The van der Waals surface area contributed by atoms with Crippen LogP contribution in [0.15, 0.2) is 29.3 Å². The second-order valence-electron chi connectivity index (χ2n) is 8.37. The first-order chi connectivity index (χ1) is 12.7. The highest BCUT2D eigenvalue weighted by molar-refractivity contribution is 5.79. The van der Waals surface area contributed by atoms with Crippen LogP contribution >= 0.6 is 0 Å². The van der Waals surface area contributed by atoms with Gasteiger partial charge < -0.3 is 4.90 Å². The zero-order valence-electron chi connectivity index (χ0n) is 16.2. The summed E-state index contributed by atoms with van der Waals surface area (Å²) in [5.74, 6) is -0.595. The van der Waals surface area contributed by atoms with Gasteiger partial charge in [0.15, 0.2) is 0 Å². The molecule has 0 radical (unpaired) electrons. The number of aromatic nitrogens is 2. The first kappa shape index (κ1) is 19.5.